The van der Waals surface area contributed by atoms with Gasteiger partial charge in [0.1, 0.15) is 0 Å². The zero-order chi connectivity index (χ0) is 12.7. The summed E-state index contributed by atoms with van der Waals surface area (Å²) in [4.78, 5) is 17.9. The van der Waals surface area contributed by atoms with Gasteiger partial charge in [-0.2, -0.15) is 0 Å². The van der Waals surface area contributed by atoms with E-state index in [0.29, 0.717) is 0 Å². The number of hydrogen-bond acceptors (Lipinski definition) is 3. The van der Waals surface area contributed by atoms with Crippen molar-refractivity contribution in [3.63, 3.8) is 0 Å². The molecule has 0 spiro atoms. The number of nitrogens with zero attached hydrogens (tertiary/aromatic N) is 3. The molecule has 100 valence electrons. The molecule has 5 heteroatoms. The molecule has 0 atom stereocenters. The van der Waals surface area contributed by atoms with Crippen LogP contribution in [0.15, 0.2) is 0 Å². The Morgan fingerprint density at radius 1 is 1.18 bits per heavy atom. The number of hydrogen-bond donors (Lipinski definition) is 1. The maximum absolute atomic E-state index is 11.8. The average molecular weight is 242 g/mol. The van der Waals surface area contributed by atoms with Crippen LogP contribution in [-0.2, 0) is 0 Å². The number of urea groups is 1. The third-order valence-electron chi connectivity index (χ3n) is 3.17. The second-order valence-electron chi connectivity index (χ2n) is 4.86. The predicted molar refractivity (Wildman–Crippen MR) is 70.0 cm³/mol. The van der Waals surface area contributed by atoms with E-state index in [-0.39, 0.29) is 6.03 Å². The van der Waals surface area contributed by atoms with Gasteiger partial charge in [-0.1, -0.05) is 0 Å². The Morgan fingerprint density at radius 3 is 2.59 bits per heavy atom. The molecular weight excluding hydrogens is 216 g/mol. The Kier molecular flexibility index (Phi) is 6.29. The van der Waals surface area contributed by atoms with Crippen LogP contribution >= 0.6 is 0 Å². The summed E-state index contributed by atoms with van der Waals surface area (Å²) >= 11 is 0. The summed E-state index contributed by atoms with van der Waals surface area (Å²) in [7, 11) is 3.62. The molecule has 2 amide bonds. The molecule has 2 N–H and O–H groups in total. The topological polar surface area (TPSA) is 52.8 Å². The van der Waals surface area contributed by atoms with E-state index in [0.717, 1.165) is 58.5 Å². The molecule has 0 aromatic rings. The SMILES string of the molecule is CN(C)C(=O)N1CCCN(CCCCN)CC1. The molecule has 0 unspecified atom stereocenters. The number of carbonyl (C=O) groups is 1. The number of rotatable bonds is 4. The second kappa shape index (κ2) is 7.50. The van der Waals surface area contributed by atoms with E-state index >= 15 is 0 Å². The van der Waals surface area contributed by atoms with Crippen LogP contribution in [0.4, 0.5) is 4.79 Å². The average Bonchev–Trinajstić information content (AvgIpc) is 2.54. The van der Waals surface area contributed by atoms with Crippen molar-refractivity contribution in [2.24, 2.45) is 5.73 Å². The first-order valence-electron chi connectivity index (χ1n) is 6.54. The summed E-state index contributed by atoms with van der Waals surface area (Å²) in [6.07, 6.45) is 3.33. The molecule has 5 nitrogen and oxygen atoms in total. The molecule has 1 aliphatic rings. The Morgan fingerprint density at radius 2 is 1.94 bits per heavy atom. The fourth-order valence-electron chi connectivity index (χ4n) is 2.15. The molecule has 0 aromatic heterocycles. The lowest BCUT2D eigenvalue weighted by Gasteiger charge is -2.24. The van der Waals surface area contributed by atoms with Crippen molar-refractivity contribution in [2.75, 3.05) is 53.4 Å². The van der Waals surface area contributed by atoms with Crippen LogP contribution in [0.3, 0.4) is 0 Å². The second-order valence-corrected chi connectivity index (χ2v) is 4.86. The highest BCUT2D eigenvalue weighted by atomic mass is 16.2. The van der Waals surface area contributed by atoms with Gasteiger partial charge in [-0.3, -0.25) is 0 Å². The van der Waals surface area contributed by atoms with E-state index in [1.54, 1.807) is 4.90 Å². The van der Waals surface area contributed by atoms with E-state index in [4.69, 9.17) is 5.73 Å². The standard InChI is InChI=1S/C12H26N4O/c1-14(2)12(17)16-9-5-8-15(10-11-16)7-4-3-6-13/h3-11,13H2,1-2H3. The van der Waals surface area contributed by atoms with Gasteiger partial charge in [0, 0.05) is 33.7 Å². The van der Waals surface area contributed by atoms with Crippen LogP contribution in [0, 0.1) is 0 Å². The summed E-state index contributed by atoms with van der Waals surface area (Å²) in [5, 5.41) is 0. The minimum atomic E-state index is 0.133. The summed E-state index contributed by atoms with van der Waals surface area (Å²) in [5.74, 6) is 0. The minimum absolute atomic E-state index is 0.133. The summed E-state index contributed by atoms with van der Waals surface area (Å²) in [6.45, 7) is 5.70. The van der Waals surface area contributed by atoms with E-state index in [1.165, 1.54) is 0 Å². The molecule has 0 saturated carbocycles. The van der Waals surface area contributed by atoms with E-state index in [1.807, 2.05) is 19.0 Å². The first-order chi connectivity index (χ1) is 8.15. The molecule has 0 radical (unpaired) electrons. The van der Waals surface area contributed by atoms with E-state index in [2.05, 4.69) is 4.90 Å². The minimum Gasteiger partial charge on any atom is -0.331 e. The van der Waals surface area contributed by atoms with Crippen LogP contribution in [0.25, 0.3) is 0 Å². The fraction of sp³-hybridized carbons (Fsp3) is 0.917. The maximum atomic E-state index is 11.8. The molecule has 0 aliphatic carbocycles. The molecule has 0 bridgehead atoms. The lowest BCUT2D eigenvalue weighted by Crippen LogP contribution is -2.41. The van der Waals surface area contributed by atoms with Crippen molar-refractivity contribution in [2.45, 2.75) is 19.3 Å². The van der Waals surface area contributed by atoms with Gasteiger partial charge in [-0.25, -0.2) is 4.79 Å². The lowest BCUT2D eigenvalue weighted by molar-refractivity contribution is 0.172. The lowest BCUT2D eigenvalue weighted by atomic mass is 10.3. The highest BCUT2D eigenvalue weighted by Gasteiger charge is 2.19. The highest BCUT2D eigenvalue weighted by Crippen LogP contribution is 2.06. The van der Waals surface area contributed by atoms with Gasteiger partial charge in [0.25, 0.3) is 0 Å². The van der Waals surface area contributed by atoms with Crippen molar-refractivity contribution in [1.29, 1.82) is 0 Å². The van der Waals surface area contributed by atoms with Crippen LogP contribution < -0.4 is 5.73 Å². The van der Waals surface area contributed by atoms with Gasteiger partial charge in [-0.15, -0.1) is 0 Å². The van der Waals surface area contributed by atoms with Crippen molar-refractivity contribution in [1.82, 2.24) is 14.7 Å². The van der Waals surface area contributed by atoms with Gasteiger partial charge in [0.05, 0.1) is 0 Å². The Hall–Kier alpha value is -0.810. The van der Waals surface area contributed by atoms with Crippen LogP contribution in [-0.4, -0.2) is 74.1 Å². The quantitative estimate of drug-likeness (QED) is 0.727. The summed E-state index contributed by atoms with van der Waals surface area (Å²) < 4.78 is 0. The molecule has 1 heterocycles. The zero-order valence-corrected chi connectivity index (χ0v) is 11.2. The van der Waals surface area contributed by atoms with E-state index in [9.17, 15) is 4.79 Å². The fourth-order valence-corrected chi connectivity index (χ4v) is 2.15. The number of nitrogens with two attached hydrogens (primary N) is 1. The molecule has 1 saturated heterocycles. The highest BCUT2D eigenvalue weighted by molar-refractivity contribution is 5.73. The maximum Gasteiger partial charge on any atom is 0.319 e. The van der Waals surface area contributed by atoms with Crippen LogP contribution in [0.5, 0.6) is 0 Å². The largest absolute Gasteiger partial charge is 0.331 e. The zero-order valence-electron chi connectivity index (χ0n) is 11.2. The number of amides is 2. The molecular formula is C12H26N4O. The Balaban J connectivity index is 2.31. The van der Waals surface area contributed by atoms with E-state index < -0.39 is 0 Å². The van der Waals surface area contributed by atoms with Crippen molar-refractivity contribution < 1.29 is 4.79 Å². The molecule has 1 aliphatic heterocycles. The van der Waals surface area contributed by atoms with Gasteiger partial charge >= 0.3 is 6.03 Å². The van der Waals surface area contributed by atoms with Gasteiger partial charge in [-0.05, 0) is 38.9 Å². The van der Waals surface area contributed by atoms with Gasteiger partial charge in [0.2, 0.25) is 0 Å². The Bertz CT molecular complexity index is 233. The Labute approximate surface area is 105 Å². The van der Waals surface area contributed by atoms with Crippen molar-refractivity contribution in [3.05, 3.63) is 0 Å². The first kappa shape index (κ1) is 14.3. The first-order valence-corrected chi connectivity index (χ1v) is 6.54. The molecule has 1 rings (SSSR count). The smallest absolute Gasteiger partial charge is 0.319 e. The summed E-state index contributed by atoms with van der Waals surface area (Å²) in [5.41, 5.74) is 5.49. The number of carbonyl (C=O) groups excluding carboxylic acids is 1. The van der Waals surface area contributed by atoms with Crippen LogP contribution in [0.1, 0.15) is 19.3 Å². The molecule has 0 aromatic carbocycles. The molecule has 17 heavy (non-hydrogen) atoms. The third kappa shape index (κ3) is 4.91. The predicted octanol–water partition coefficient (Wildman–Crippen LogP) is 0.415. The summed E-state index contributed by atoms with van der Waals surface area (Å²) in [6, 6.07) is 0.133. The number of unbranched alkanes of at least 4 members (excludes halogenated alkanes) is 1. The molecule has 1 fully saturated rings. The third-order valence-corrected chi connectivity index (χ3v) is 3.17. The normalized spacial score (nSPS) is 17.9. The van der Waals surface area contributed by atoms with Crippen molar-refractivity contribution >= 4 is 6.03 Å². The monoisotopic (exact) mass is 242 g/mol. The van der Waals surface area contributed by atoms with Gasteiger partial charge < -0.3 is 20.4 Å². The van der Waals surface area contributed by atoms with Gasteiger partial charge in [0.15, 0.2) is 0 Å². The van der Waals surface area contributed by atoms with Crippen molar-refractivity contribution in [3.8, 4) is 0 Å². The van der Waals surface area contributed by atoms with Crippen LogP contribution in [0.2, 0.25) is 0 Å².